The minimum atomic E-state index is -0.123. The lowest BCUT2D eigenvalue weighted by atomic mass is 10.1. The molecule has 1 aromatic carbocycles. The minimum absolute atomic E-state index is 0.123. The topological polar surface area (TPSA) is 81.6 Å². The van der Waals surface area contributed by atoms with Gasteiger partial charge in [-0.3, -0.25) is 4.79 Å². The third-order valence-electron chi connectivity index (χ3n) is 2.43. The van der Waals surface area contributed by atoms with Crippen molar-refractivity contribution in [2.45, 2.75) is 6.92 Å². The monoisotopic (exact) mass is 237 g/mol. The van der Waals surface area contributed by atoms with E-state index in [4.69, 9.17) is 16.2 Å². The first-order valence-corrected chi connectivity index (χ1v) is 5.54. The Morgan fingerprint density at radius 1 is 1.41 bits per heavy atom. The molecular formula is C12H19N3O2. The van der Waals surface area contributed by atoms with Gasteiger partial charge in [0.2, 0.25) is 0 Å². The molecule has 0 aromatic heterocycles. The summed E-state index contributed by atoms with van der Waals surface area (Å²) in [5.74, 6) is -0.123. The highest BCUT2D eigenvalue weighted by atomic mass is 16.5. The second-order valence-corrected chi connectivity index (χ2v) is 3.77. The Balaban J connectivity index is 2.68. The molecule has 0 heterocycles. The van der Waals surface area contributed by atoms with E-state index in [1.165, 1.54) is 0 Å². The number of carbonyl (C=O) groups is 1. The summed E-state index contributed by atoms with van der Waals surface area (Å²) in [4.78, 5) is 13.6. The van der Waals surface area contributed by atoms with E-state index in [2.05, 4.69) is 0 Å². The predicted octanol–water partition coefficient (Wildman–Crippen LogP) is 0.960. The van der Waals surface area contributed by atoms with Gasteiger partial charge in [-0.2, -0.15) is 0 Å². The smallest absolute Gasteiger partial charge is 0.255 e. The molecule has 0 aliphatic rings. The normalized spacial score (nSPS) is 10.2. The van der Waals surface area contributed by atoms with Crippen molar-refractivity contribution in [2.75, 3.05) is 38.3 Å². The van der Waals surface area contributed by atoms with Gasteiger partial charge in [0.25, 0.3) is 5.91 Å². The Morgan fingerprint density at radius 2 is 2.12 bits per heavy atom. The van der Waals surface area contributed by atoms with Crippen LogP contribution in [0.15, 0.2) is 18.2 Å². The number of ether oxygens (including phenoxy) is 1. The van der Waals surface area contributed by atoms with E-state index in [-0.39, 0.29) is 5.91 Å². The van der Waals surface area contributed by atoms with E-state index in [1.807, 2.05) is 6.92 Å². The summed E-state index contributed by atoms with van der Waals surface area (Å²) < 4.78 is 5.19. The lowest BCUT2D eigenvalue weighted by molar-refractivity contribution is 0.0711. The fourth-order valence-corrected chi connectivity index (χ4v) is 1.43. The summed E-state index contributed by atoms with van der Waals surface area (Å²) in [6.07, 6.45) is 0. The maximum absolute atomic E-state index is 12.0. The van der Waals surface area contributed by atoms with Gasteiger partial charge < -0.3 is 21.1 Å². The first-order chi connectivity index (χ1) is 8.06. The first kappa shape index (κ1) is 13.3. The number of hydrogen-bond donors (Lipinski definition) is 2. The molecule has 0 atom stereocenters. The van der Waals surface area contributed by atoms with Crippen molar-refractivity contribution in [3.05, 3.63) is 23.8 Å². The first-order valence-electron chi connectivity index (χ1n) is 5.54. The number of likely N-dealkylation sites (N-methyl/N-ethyl adjacent to an activating group) is 1. The zero-order chi connectivity index (χ0) is 12.8. The van der Waals surface area contributed by atoms with Crippen molar-refractivity contribution in [2.24, 2.45) is 0 Å². The third-order valence-corrected chi connectivity index (χ3v) is 2.43. The molecule has 0 spiro atoms. The molecule has 1 rings (SSSR count). The number of nitrogens with two attached hydrogens (primary N) is 2. The van der Waals surface area contributed by atoms with Gasteiger partial charge in [0.05, 0.1) is 12.2 Å². The van der Waals surface area contributed by atoms with E-state index in [9.17, 15) is 4.79 Å². The molecule has 4 N–H and O–H groups in total. The molecule has 0 saturated carbocycles. The molecule has 17 heavy (non-hydrogen) atoms. The van der Waals surface area contributed by atoms with Crippen LogP contribution in [0.5, 0.6) is 0 Å². The SMILES string of the molecule is CCOCCN(C)C(=O)c1ccc(N)cc1N. The van der Waals surface area contributed by atoms with Crippen molar-refractivity contribution in [1.29, 1.82) is 0 Å². The lowest BCUT2D eigenvalue weighted by Crippen LogP contribution is -2.30. The maximum Gasteiger partial charge on any atom is 0.255 e. The molecule has 0 saturated heterocycles. The van der Waals surface area contributed by atoms with Crippen LogP contribution in [0.2, 0.25) is 0 Å². The lowest BCUT2D eigenvalue weighted by Gasteiger charge is -2.18. The number of amides is 1. The number of benzene rings is 1. The number of hydrogen-bond acceptors (Lipinski definition) is 4. The van der Waals surface area contributed by atoms with Gasteiger partial charge in [0.1, 0.15) is 0 Å². The van der Waals surface area contributed by atoms with Gasteiger partial charge in [-0.05, 0) is 25.1 Å². The summed E-state index contributed by atoms with van der Waals surface area (Å²) in [7, 11) is 1.72. The van der Waals surface area contributed by atoms with Crippen molar-refractivity contribution >= 4 is 17.3 Å². The number of rotatable bonds is 5. The molecule has 0 bridgehead atoms. The third kappa shape index (κ3) is 3.64. The Labute approximate surface area is 101 Å². The number of anilines is 2. The zero-order valence-electron chi connectivity index (χ0n) is 10.3. The molecule has 5 nitrogen and oxygen atoms in total. The van der Waals surface area contributed by atoms with Crippen LogP contribution in [0.25, 0.3) is 0 Å². The molecule has 0 fully saturated rings. The summed E-state index contributed by atoms with van der Waals surface area (Å²) in [5.41, 5.74) is 12.8. The number of nitrogen functional groups attached to an aromatic ring is 2. The second kappa shape index (κ2) is 6.10. The van der Waals surface area contributed by atoms with E-state index in [0.717, 1.165) is 0 Å². The Kier molecular flexibility index (Phi) is 4.78. The van der Waals surface area contributed by atoms with Crippen molar-refractivity contribution in [1.82, 2.24) is 4.90 Å². The number of nitrogens with zero attached hydrogens (tertiary/aromatic N) is 1. The molecule has 1 amide bonds. The molecule has 5 heteroatoms. The molecule has 0 aliphatic carbocycles. The Morgan fingerprint density at radius 3 is 2.71 bits per heavy atom. The summed E-state index contributed by atoms with van der Waals surface area (Å²) in [6, 6.07) is 4.90. The highest BCUT2D eigenvalue weighted by molar-refractivity contribution is 5.99. The molecule has 0 unspecified atom stereocenters. The average molecular weight is 237 g/mol. The number of carbonyl (C=O) groups excluding carboxylic acids is 1. The van der Waals surface area contributed by atoms with Crippen molar-refractivity contribution < 1.29 is 9.53 Å². The summed E-state index contributed by atoms with van der Waals surface area (Å²) in [5, 5.41) is 0. The van der Waals surface area contributed by atoms with Gasteiger partial charge in [-0.15, -0.1) is 0 Å². The van der Waals surface area contributed by atoms with Crippen LogP contribution in [0.3, 0.4) is 0 Å². The van der Waals surface area contributed by atoms with Gasteiger partial charge in [-0.25, -0.2) is 0 Å². The average Bonchev–Trinajstić information content (AvgIpc) is 2.28. The molecule has 94 valence electrons. The summed E-state index contributed by atoms with van der Waals surface area (Å²) in [6.45, 7) is 3.62. The van der Waals surface area contributed by atoms with E-state index in [1.54, 1.807) is 30.1 Å². The van der Waals surface area contributed by atoms with E-state index < -0.39 is 0 Å². The highest BCUT2D eigenvalue weighted by Crippen LogP contribution is 2.17. The second-order valence-electron chi connectivity index (χ2n) is 3.77. The molecule has 1 aromatic rings. The van der Waals surface area contributed by atoms with Crippen LogP contribution in [-0.2, 0) is 4.74 Å². The Hall–Kier alpha value is -1.75. The van der Waals surface area contributed by atoms with Crippen molar-refractivity contribution in [3.63, 3.8) is 0 Å². The van der Waals surface area contributed by atoms with Crippen LogP contribution in [0, 0.1) is 0 Å². The summed E-state index contributed by atoms with van der Waals surface area (Å²) >= 11 is 0. The molecular weight excluding hydrogens is 218 g/mol. The zero-order valence-corrected chi connectivity index (χ0v) is 10.3. The molecule has 0 aliphatic heterocycles. The Bertz CT molecular complexity index is 393. The van der Waals surface area contributed by atoms with Crippen molar-refractivity contribution in [3.8, 4) is 0 Å². The largest absolute Gasteiger partial charge is 0.399 e. The van der Waals surface area contributed by atoms with Crippen LogP contribution in [0.1, 0.15) is 17.3 Å². The highest BCUT2D eigenvalue weighted by Gasteiger charge is 2.14. The van der Waals surface area contributed by atoms with Crippen LogP contribution in [-0.4, -0.2) is 37.6 Å². The molecule has 0 radical (unpaired) electrons. The van der Waals surface area contributed by atoms with Gasteiger partial charge in [0.15, 0.2) is 0 Å². The predicted molar refractivity (Wildman–Crippen MR) is 68.7 cm³/mol. The van der Waals surface area contributed by atoms with Crippen LogP contribution >= 0.6 is 0 Å². The fraction of sp³-hybridized carbons (Fsp3) is 0.417. The van der Waals surface area contributed by atoms with Crippen LogP contribution < -0.4 is 11.5 Å². The van der Waals surface area contributed by atoms with E-state index in [0.29, 0.717) is 36.7 Å². The quantitative estimate of drug-likeness (QED) is 0.590. The van der Waals surface area contributed by atoms with Crippen LogP contribution in [0.4, 0.5) is 11.4 Å². The maximum atomic E-state index is 12.0. The fourth-order valence-electron chi connectivity index (χ4n) is 1.43. The minimum Gasteiger partial charge on any atom is -0.399 e. The van der Waals surface area contributed by atoms with E-state index >= 15 is 0 Å². The van der Waals surface area contributed by atoms with Gasteiger partial charge >= 0.3 is 0 Å². The van der Waals surface area contributed by atoms with Gasteiger partial charge in [0, 0.05) is 31.6 Å². The standard InChI is InChI=1S/C12H19N3O2/c1-3-17-7-6-15(2)12(16)10-5-4-9(13)8-11(10)14/h4-5,8H,3,6-7,13-14H2,1-2H3. The van der Waals surface area contributed by atoms with Gasteiger partial charge in [-0.1, -0.05) is 0 Å².